The van der Waals surface area contributed by atoms with Crippen LogP contribution in [0.25, 0.3) is 0 Å². The first-order valence-corrected chi connectivity index (χ1v) is 6.76. The molecule has 3 nitrogen and oxygen atoms in total. The Morgan fingerprint density at radius 2 is 1.95 bits per heavy atom. The van der Waals surface area contributed by atoms with Crippen LogP contribution in [0.3, 0.4) is 0 Å². The quantitative estimate of drug-likeness (QED) is 0.881. The Balaban J connectivity index is 2.21. The third-order valence-corrected chi connectivity index (χ3v) is 3.22. The van der Waals surface area contributed by atoms with Gasteiger partial charge in [0.2, 0.25) is 0 Å². The lowest BCUT2D eigenvalue weighted by molar-refractivity contribution is 0.490. The molecule has 108 valence electrons. The van der Waals surface area contributed by atoms with E-state index in [4.69, 9.17) is 0 Å². The van der Waals surface area contributed by atoms with Gasteiger partial charge in [-0.15, -0.1) is 0 Å². The molecule has 0 radical (unpaired) electrons. The highest BCUT2D eigenvalue weighted by Gasteiger charge is 2.15. The minimum atomic E-state index is -0.542. The summed E-state index contributed by atoms with van der Waals surface area (Å²) >= 11 is 0. The SMILES string of the molecule is CCCNC(Cc1cc(F)cc(F)c1)c1ccnn1C. The van der Waals surface area contributed by atoms with Crippen molar-refractivity contribution < 1.29 is 8.78 Å². The lowest BCUT2D eigenvalue weighted by atomic mass is 10.0. The van der Waals surface area contributed by atoms with Gasteiger partial charge in [0.25, 0.3) is 0 Å². The minimum Gasteiger partial charge on any atom is -0.308 e. The third kappa shape index (κ3) is 3.63. The van der Waals surface area contributed by atoms with Crippen LogP contribution in [0.2, 0.25) is 0 Å². The highest BCUT2D eigenvalue weighted by molar-refractivity contribution is 5.21. The summed E-state index contributed by atoms with van der Waals surface area (Å²) in [4.78, 5) is 0. The molecule has 1 heterocycles. The second-order valence-electron chi connectivity index (χ2n) is 4.87. The van der Waals surface area contributed by atoms with Crippen LogP contribution in [0, 0.1) is 11.6 Å². The Labute approximate surface area is 117 Å². The smallest absolute Gasteiger partial charge is 0.126 e. The maximum atomic E-state index is 13.3. The fourth-order valence-electron chi connectivity index (χ4n) is 2.29. The van der Waals surface area contributed by atoms with Crippen LogP contribution >= 0.6 is 0 Å². The van der Waals surface area contributed by atoms with Gasteiger partial charge in [-0.3, -0.25) is 4.68 Å². The minimum absolute atomic E-state index is 0.0105. The molecule has 2 rings (SSSR count). The number of benzene rings is 1. The first-order chi connectivity index (χ1) is 9.60. The van der Waals surface area contributed by atoms with Crippen LogP contribution in [0.5, 0.6) is 0 Å². The van der Waals surface area contributed by atoms with E-state index in [1.165, 1.54) is 12.1 Å². The van der Waals surface area contributed by atoms with Gasteiger partial charge in [0.1, 0.15) is 11.6 Å². The molecule has 0 saturated carbocycles. The summed E-state index contributed by atoms with van der Waals surface area (Å²) in [6.07, 6.45) is 3.24. The summed E-state index contributed by atoms with van der Waals surface area (Å²) in [6.45, 7) is 2.92. The molecule has 0 bridgehead atoms. The normalized spacial score (nSPS) is 12.6. The van der Waals surface area contributed by atoms with E-state index < -0.39 is 11.6 Å². The molecule has 0 aliphatic carbocycles. The average Bonchev–Trinajstić information content (AvgIpc) is 2.79. The summed E-state index contributed by atoms with van der Waals surface area (Å²) in [5.74, 6) is -1.08. The Morgan fingerprint density at radius 1 is 1.25 bits per heavy atom. The van der Waals surface area contributed by atoms with Crippen molar-refractivity contribution in [1.82, 2.24) is 15.1 Å². The van der Waals surface area contributed by atoms with Crippen molar-refractivity contribution in [3.8, 4) is 0 Å². The lowest BCUT2D eigenvalue weighted by Crippen LogP contribution is -2.26. The van der Waals surface area contributed by atoms with Crippen molar-refractivity contribution in [3.05, 3.63) is 53.4 Å². The van der Waals surface area contributed by atoms with Gasteiger partial charge in [-0.1, -0.05) is 6.92 Å². The van der Waals surface area contributed by atoms with Gasteiger partial charge >= 0.3 is 0 Å². The number of nitrogens with one attached hydrogen (secondary N) is 1. The Kier molecular flexibility index (Phi) is 4.84. The van der Waals surface area contributed by atoms with Gasteiger partial charge in [-0.25, -0.2) is 8.78 Å². The Morgan fingerprint density at radius 3 is 2.50 bits per heavy atom. The number of aromatic nitrogens is 2. The van der Waals surface area contributed by atoms with Crippen LogP contribution < -0.4 is 5.32 Å². The first kappa shape index (κ1) is 14.7. The second kappa shape index (κ2) is 6.61. The van der Waals surface area contributed by atoms with Crippen LogP contribution in [-0.4, -0.2) is 16.3 Å². The second-order valence-corrected chi connectivity index (χ2v) is 4.87. The summed E-state index contributed by atoms with van der Waals surface area (Å²) in [6, 6.07) is 5.55. The molecule has 1 aromatic heterocycles. The van der Waals surface area contributed by atoms with Crippen LogP contribution in [0.4, 0.5) is 8.78 Å². The molecule has 0 aliphatic rings. The van der Waals surface area contributed by atoms with Crippen LogP contribution in [0.1, 0.15) is 30.6 Å². The van der Waals surface area contributed by atoms with Gasteiger partial charge in [0, 0.05) is 19.3 Å². The highest BCUT2D eigenvalue weighted by atomic mass is 19.1. The number of aryl methyl sites for hydroxylation is 1. The van der Waals surface area contributed by atoms with E-state index >= 15 is 0 Å². The molecule has 1 unspecified atom stereocenters. The third-order valence-electron chi connectivity index (χ3n) is 3.22. The molecule has 0 fully saturated rings. The molecule has 0 aliphatic heterocycles. The van der Waals surface area contributed by atoms with E-state index in [1.807, 2.05) is 13.1 Å². The Bertz CT molecular complexity index is 546. The largest absolute Gasteiger partial charge is 0.308 e. The van der Waals surface area contributed by atoms with Crippen molar-refractivity contribution in [3.63, 3.8) is 0 Å². The molecule has 2 aromatic rings. The van der Waals surface area contributed by atoms with E-state index in [0.717, 1.165) is 24.7 Å². The Hall–Kier alpha value is -1.75. The summed E-state index contributed by atoms with van der Waals surface area (Å²) in [5, 5.41) is 7.55. The molecule has 0 amide bonds. The van der Waals surface area contributed by atoms with Crippen molar-refractivity contribution in [2.75, 3.05) is 6.54 Å². The van der Waals surface area contributed by atoms with Gasteiger partial charge < -0.3 is 5.32 Å². The molecule has 20 heavy (non-hydrogen) atoms. The predicted molar refractivity (Wildman–Crippen MR) is 74.3 cm³/mol. The van der Waals surface area contributed by atoms with E-state index in [1.54, 1.807) is 10.9 Å². The van der Waals surface area contributed by atoms with Crippen molar-refractivity contribution in [2.24, 2.45) is 7.05 Å². The summed E-state index contributed by atoms with van der Waals surface area (Å²) in [5.41, 5.74) is 1.64. The van der Waals surface area contributed by atoms with E-state index in [0.29, 0.717) is 12.0 Å². The molecule has 0 saturated heterocycles. The maximum Gasteiger partial charge on any atom is 0.126 e. The number of hydrogen-bond donors (Lipinski definition) is 1. The number of rotatable bonds is 6. The standard InChI is InChI=1S/C15H19F2N3/c1-3-5-18-14(15-4-6-19-20(15)2)9-11-7-12(16)10-13(17)8-11/h4,6-8,10,14,18H,3,5,9H2,1-2H3. The molecule has 0 spiro atoms. The van der Waals surface area contributed by atoms with E-state index in [9.17, 15) is 8.78 Å². The van der Waals surface area contributed by atoms with Gasteiger partial charge in [-0.05, 0) is 43.1 Å². The zero-order valence-electron chi connectivity index (χ0n) is 11.7. The molecule has 1 N–H and O–H groups in total. The zero-order valence-corrected chi connectivity index (χ0v) is 11.7. The predicted octanol–water partition coefficient (Wildman–Crippen LogP) is 2.98. The van der Waals surface area contributed by atoms with Crippen molar-refractivity contribution >= 4 is 0 Å². The summed E-state index contributed by atoms with van der Waals surface area (Å²) in [7, 11) is 1.86. The molecular weight excluding hydrogens is 260 g/mol. The fourth-order valence-corrected chi connectivity index (χ4v) is 2.29. The van der Waals surface area contributed by atoms with E-state index in [-0.39, 0.29) is 6.04 Å². The van der Waals surface area contributed by atoms with Crippen molar-refractivity contribution in [1.29, 1.82) is 0 Å². The number of nitrogens with zero attached hydrogens (tertiary/aromatic N) is 2. The monoisotopic (exact) mass is 279 g/mol. The van der Waals surface area contributed by atoms with E-state index in [2.05, 4.69) is 17.3 Å². The topological polar surface area (TPSA) is 29.9 Å². The average molecular weight is 279 g/mol. The van der Waals surface area contributed by atoms with Gasteiger partial charge in [-0.2, -0.15) is 5.10 Å². The highest BCUT2D eigenvalue weighted by Crippen LogP contribution is 2.19. The molecule has 1 aromatic carbocycles. The maximum absolute atomic E-state index is 13.3. The molecule has 5 heteroatoms. The zero-order chi connectivity index (χ0) is 14.5. The molecule has 1 atom stereocenters. The summed E-state index contributed by atoms with van der Waals surface area (Å²) < 4.78 is 28.3. The first-order valence-electron chi connectivity index (χ1n) is 6.76. The fraction of sp³-hybridized carbons (Fsp3) is 0.400. The van der Waals surface area contributed by atoms with Gasteiger partial charge in [0.05, 0.1) is 11.7 Å². The number of hydrogen-bond acceptors (Lipinski definition) is 2. The lowest BCUT2D eigenvalue weighted by Gasteiger charge is -2.19. The number of halogens is 2. The molecular formula is C15H19F2N3. The van der Waals surface area contributed by atoms with Crippen LogP contribution in [-0.2, 0) is 13.5 Å². The van der Waals surface area contributed by atoms with Crippen LogP contribution in [0.15, 0.2) is 30.5 Å². The van der Waals surface area contributed by atoms with Gasteiger partial charge in [0.15, 0.2) is 0 Å². The van der Waals surface area contributed by atoms with Crippen molar-refractivity contribution in [2.45, 2.75) is 25.8 Å².